The number of fused-ring (bicyclic) bond motifs is 2. The fourth-order valence-electron chi connectivity index (χ4n) is 6.89. The molecule has 0 spiro atoms. The minimum atomic E-state index is 0. The smallest absolute Gasteiger partial charge is 1.00 e. The third-order valence-corrected chi connectivity index (χ3v) is 10.4. The zero-order valence-corrected chi connectivity index (χ0v) is 35.3. The maximum atomic E-state index is 5.80. The predicted octanol–water partition coefficient (Wildman–Crippen LogP) is 8.62. The second-order valence-electron chi connectivity index (χ2n) is 13.8. The van der Waals surface area contributed by atoms with Gasteiger partial charge in [-0.05, 0) is 85.0 Å². The van der Waals surface area contributed by atoms with Gasteiger partial charge in [0.25, 0.3) is 0 Å². The molecule has 2 aromatic heterocycles. The van der Waals surface area contributed by atoms with Gasteiger partial charge in [0.1, 0.15) is 0 Å². The van der Waals surface area contributed by atoms with Gasteiger partial charge in [-0.3, -0.25) is 0 Å². The third-order valence-electron chi connectivity index (χ3n) is 10.4. The molecule has 0 amide bonds. The van der Waals surface area contributed by atoms with E-state index in [0.29, 0.717) is 11.8 Å². The molecule has 2 nitrogen and oxygen atoms in total. The molecule has 2 atom stereocenters. The van der Waals surface area contributed by atoms with Crippen molar-refractivity contribution in [3.63, 3.8) is 0 Å². The van der Waals surface area contributed by atoms with Crippen molar-refractivity contribution in [2.24, 2.45) is 0 Å². The molecule has 53 heavy (non-hydrogen) atoms. The van der Waals surface area contributed by atoms with Gasteiger partial charge in [-0.15, -0.1) is 57.9 Å². The van der Waals surface area contributed by atoms with Gasteiger partial charge < -0.3 is 33.6 Å². The van der Waals surface area contributed by atoms with E-state index in [4.69, 9.17) is 8.83 Å². The molecular weight excluding hydrogens is 771 g/mol. The van der Waals surface area contributed by atoms with Crippen molar-refractivity contribution in [3.05, 3.63) is 156 Å². The quantitative estimate of drug-likeness (QED) is 0.144. The van der Waals surface area contributed by atoms with Gasteiger partial charge in [0.15, 0.2) is 0 Å². The van der Waals surface area contributed by atoms with Crippen LogP contribution in [-0.2, 0) is 26.2 Å². The molecule has 8 rings (SSSR count). The summed E-state index contributed by atoms with van der Waals surface area (Å²) in [6, 6.07) is 48.1. The van der Waals surface area contributed by atoms with Crippen LogP contribution in [0.15, 0.2) is 142 Å². The van der Waals surface area contributed by atoms with Crippen molar-refractivity contribution in [1.29, 1.82) is 0 Å². The van der Waals surface area contributed by atoms with E-state index >= 15 is 0 Å². The van der Waals surface area contributed by atoms with Crippen LogP contribution in [0.5, 0.6) is 0 Å². The van der Waals surface area contributed by atoms with Crippen LogP contribution in [0.25, 0.3) is 66.4 Å². The Balaban J connectivity index is 0.000000224. The normalized spacial score (nSPS) is 11.9. The molecule has 5 heteroatoms. The minimum absolute atomic E-state index is 0. The average molecular weight is 817 g/mol. The molecule has 2 unspecified atom stereocenters. The Morgan fingerprint density at radius 2 is 0.887 bits per heavy atom. The van der Waals surface area contributed by atoms with Crippen LogP contribution in [0.4, 0.5) is 0 Å². The molecule has 0 saturated carbocycles. The summed E-state index contributed by atoms with van der Waals surface area (Å²) in [6.07, 6.45) is 2.34. The zero-order valence-electron chi connectivity index (χ0n) is 31.3. The summed E-state index contributed by atoms with van der Waals surface area (Å²) in [5.41, 5.74) is 10.2. The van der Waals surface area contributed by atoms with Crippen LogP contribution in [0.3, 0.4) is 0 Å². The Labute approximate surface area is 346 Å². The van der Waals surface area contributed by atoms with Crippen molar-refractivity contribution >= 4 is 21.5 Å². The second-order valence-corrected chi connectivity index (χ2v) is 13.8. The number of aryl methyl sites for hydroxylation is 2. The molecule has 2 heterocycles. The Kier molecular flexibility index (Phi) is 14.6. The Hall–Kier alpha value is -3.88. The molecule has 0 radical (unpaired) electrons. The first kappa shape index (κ1) is 41.9. The van der Waals surface area contributed by atoms with Crippen LogP contribution < -0.4 is 24.8 Å². The molecule has 0 aliphatic heterocycles. The van der Waals surface area contributed by atoms with E-state index in [2.05, 4.69) is 137 Å². The molecule has 0 aliphatic rings. The fourth-order valence-corrected chi connectivity index (χ4v) is 6.89. The van der Waals surface area contributed by atoms with Gasteiger partial charge in [0, 0.05) is 0 Å². The van der Waals surface area contributed by atoms with Gasteiger partial charge in [0.2, 0.25) is 0 Å². The van der Waals surface area contributed by atoms with E-state index in [1.54, 1.807) is 0 Å². The van der Waals surface area contributed by atoms with Crippen LogP contribution in [0.1, 0.15) is 75.0 Å². The van der Waals surface area contributed by atoms with Gasteiger partial charge in [-0.2, -0.15) is 0 Å². The first-order valence-electron chi connectivity index (χ1n) is 18.0. The van der Waals surface area contributed by atoms with E-state index in [-0.39, 0.29) is 51.0 Å². The Morgan fingerprint density at radius 1 is 0.509 bits per heavy atom. The predicted molar refractivity (Wildman–Crippen MR) is 212 cm³/mol. The summed E-state index contributed by atoms with van der Waals surface area (Å²) in [7, 11) is 0. The number of furan rings is 2. The first-order chi connectivity index (χ1) is 24.3. The number of hydrogen-bond acceptors (Lipinski definition) is 2. The molecule has 0 fully saturated rings. The van der Waals surface area contributed by atoms with E-state index in [0.717, 1.165) is 34.2 Å². The Bertz CT molecular complexity index is 2180. The van der Waals surface area contributed by atoms with Gasteiger partial charge in [-0.1, -0.05) is 123 Å². The summed E-state index contributed by atoms with van der Waals surface area (Å²) >= 11 is 0. The first-order valence-corrected chi connectivity index (χ1v) is 18.0. The molecule has 0 bridgehead atoms. The molecule has 0 aliphatic carbocycles. The molecule has 8 aromatic rings. The van der Waals surface area contributed by atoms with Crippen molar-refractivity contribution in [2.45, 2.75) is 66.2 Å². The van der Waals surface area contributed by atoms with Crippen LogP contribution in [-0.4, -0.2) is 0 Å². The zero-order chi connectivity index (χ0) is 34.8. The van der Waals surface area contributed by atoms with E-state index in [1.165, 1.54) is 67.8 Å². The van der Waals surface area contributed by atoms with Gasteiger partial charge in [-0.25, -0.2) is 0 Å². The maximum Gasteiger partial charge on any atom is 4.00 e. The number of benzene rings is 4. The summed E-state index contributed by atoms with van der Waals surface area (Å²) in [4.78, 5) is 0. The SMILES string of the molecule is CCC(C)c1ccc(-c2cccc3[cH-]c(-c4ccc(C)o4)cc23)cc1.CCC(C)c1ccc(-c2cccc3[cH-]c(-c4ccc(C)o4)cc23)cc1.[Cl-].[Cl-].[Zr+4]. The Morgan fingerprint density at radius 3 is 1.21 bits per heavy atom. The van der Waals surface area contributed by atoms with Crippen LogP contribution in [0, 0.1) is 13.8 Å². The number of halogens is 2. The number of hydrogen-bond donors (Lipinski definition) is 0. The van der Waals surface area contributed by atoms with Gasteiger partial charge >= 0.3 is 26.2 Å². The summed E-state index contributed by atoms with van der Waals surface area (Å²) < 4.78 is 11.6. The largest absolute Gasteiger partial charge is 4.00 e. The molecule has 6 aromatic carbocycles. The molecule has 0 N–H and O–H groups in total. The van der Waals surface area contributed by atoms with Crippen molar-refractivity contribution in [3.8, 4) is 44.9 Å². The van der Waals surface area contributed by atoms with E-state index < -0.39 is 0 Å². The topological polar surface area (TPSA) is 26.3 Å². The summed E-state index contributed by atoms with van der Waals surface area (Å²) in [5, 5.41) is 5.07. The second kappa shape index (κ2) is 18.4. The maximum absolute atomic E-state index is 5.80. The number of rotatable bonds is 8. The van der Waals surface area contributed by atoms with Crippen molar-refractivity contribution < 1.29 is 59.9 Å². The van der Waals surface area contributed by atoms with Crippen molar-refractivity contribution in [2.75, 3.05) is 0 Å². The average Bonchev–Trinajstić information content (AvgIpc) is 3.97. The molecule has 268 valence electrons. The molecular formula is C48H46Cl2O2Zr. The minimum Gasteiger partial charge on any atom is -1.00 e. The van der Waals surface area contributed by atoms with E-state index in [1.807, 2.05) is 38.1 Å². The summed E-state index contributed by atoms with van der Waals surface area (Å²) in [6.45, 7) is 13.0. The molecule has 0 saturated heterocycles. The van der Waals surface area contributed by atoms with Crippen LogP contribution >= 0.6 is 0 Å². The standard InChI is InChI=1S/2C24H23O.2ClH.Zr/c2*1-4-16(2)18-9-11-19(12-10-18)22-7-5-6-20-14-21(15-23(20)22)24-13-8-17(3)25-24;;;/h2*5-16H,4H2,1-3H3;2*1H;/q2*-1;;;+4/p-2. The van der Waals surface area contributed by atoms with Crippen molar-refractivity contribution in [1.82, 2.24) is 0 Å². The fraction of sp³-hybridized carbons (Fsp3) is 0.208. The van der Waals surface area contributed by atoms with Crippen LogP contribution in [0.2, 0.25) is 0 Å². The summed E-state index contributed by atoms with van der Waals surface area (Å²) in [5.74, 6) is 4.98. The monoisotopic (exact) mass is 814 g/mol. The van der Waals surface area contributed by atoms with E-state index in [9.17, 15) is 0 Å². The van der Waals surface area contributed by atoms with Gasteiger partial charge in [0.05, 0.1) is 23.0 Å². The third kappa shape index (κ3) is 9.09.